The van der Waals surface area contributed by atoms with Gasteiger partial charge in [0.1, 0.15) is 0 Å². The van der Waals surface area contributed by atoms with Gasteiger partial charge in [-0.15, -0.1) is 13.2 Å². The van der Waals surface area contributed by atoms with E-state index in [1.54, 1.807) is 0 Å². The molecule has 0 bridgehead atoms. The normalized spacial score (nSPS) is 38.8. The maximum absolute atomic E-state index is 5.99. The van der Waals surface area contributed by atoms with E-state index in [0.717, 1.165) is 38.5 Å². The van der Waals surface area contributed by atoms with E-state index in [-0.39, 0.29) is 0 Å². The molecular weight excluding hydrogens is 200 g/mol. The van der Waals surface area contributed by atoms with Crippen LogP contribution in [-0.4, -0.2) is 24.4 Å². The van der Waals surface area contributed by atoms with Crippen LogP contribution in [0.5, 0.6) is 0 Å². The summed E-state index contributed by atoms with van der Waals surface area (Å²) in [7, 11) is 0. The van der Waals surface area contributed by atoms with Gasteiger partial charge >= 0.3 is 0 Å². The average Bonchev–Trinajstić information content (AvgIpc) is 2.87. The van der Waals surface area contributed by atoms with E-state index in [1.165, 1.54) is 0 Å². The van der Waals surface area contributed by atoms with Crippen LogP contribution in [0, 0.1) is 0 Å². The standard InChI is InChI=1S/C14H22O2/c1-3-5-11-7-9-13(15-11)14-10-8-12(16-14)6-4-2/h3-4,11-14H,1-2,5-10H2/t11-,12+,13+,14-. The lowest BCUT2D eigenvalue weighted by Crippen LogP contribution is -2.26. The molecule has 16 heavy (non-hydrogen) atoms. The van der Waals surface area contributed by atoms with Crippen molar-refractivity contribution in [3.8, 4) is 0 Å². The Kier molecular flexibility index (Phi) is 4.19. The van der Waals surface area contributed by atoms with Crippen molar-refractivity contribution in [3.05, 3.63) is 25.3 Å². The molecule has 90 valence electrons. The van der Waals surface area contributed by atoms with Crippen LogP contribution >= 0.6 is 0 Å². The van der Waals surface area contributed by atoms with Gasteiger partial charge in [0, 0.05) is 0 Å². The highest BCUT2D eigenvalue weighted by atomic mass is 16.6. The lowest BCUT2D eigenvalue weighted by molar-refractivity contribution is -0.0633. The van der Waals surface area contributed by atoms with Gasteiger partial charge in [-0.1, -0.05) is 12.2 Å². The lowest BCUT2D eigenvalue weighted by Gasteiger charge is -2.20. The van der Waals surface area contributed by atoms with Crippen molar-refractivity contribution in [3.63, 3.8) is 0 Å². The van der Waals surface area contributed by atoms with Crippen LogP contribution in [0.25, 0.3) is 0 Å². The first kappa shape index (κ1) is 11.9. The number of rotatable bonds is 5. The van der Waals surface area contributed by atoms with E-state index < -0.39 is 0 Å². The number of hydrogen-bond acceptors (Lipinski definition) is 2. The lowest BCUT2D eigenvalue weighted by atomic mass is 10.1. The van der Waals surface area contributed by atoms with E-state index in [0.29, 0.717) is 24.4 Å². The van der Waals surface area contributed by atoms with Gasteiger partial charge in [0.25, 0.3) is 0 Å². The third-order valence-corrected chi connectivity index (χ3v) is 3.55. The fourth-order valence-corrected chi connectivity index (χ4v) is 2.73. The van der Waals surface area contributed by atoms with Crippen molar-refractivity contribution < 1.29 is 9.47 Å². The summed E-state index contributed by atoms with van der Waals surface area (Å²) in [5.41, 5.74) is 0. The summed E-state index contributed by atoms with van der Waals surface area (Å²) in [5.74, 6) is 0. The van der Waals surface area contributed by atoms with Crippen molar-refractivity contribution in [2.24, 2.45) is 0 Å². The van der Waals surface area contributed by atoms with Gasteiger partial charge in [0.15, 0.2) is 0 Å². The largest absolute Gasteiger partial charge is 0.372 e. The van der Waals surface area contributed by atoms with Crippen LogP contribution in [0.3, 0.4) is 0 Å². The molecule has 2 rings (SSSR count). The van der Waals surface area contributed by atoms with Crippen LogP contribution in [-0.2, 0) is 9.47 Å². The molecule has 2 fully saturated rings. The molecule has 0 spiro atoms. The summed E-state index contributed by atoms with van der Waals surface area (Å²) in [6.07, 6.45) is 11.8. The minimum Gasteiger partial charge on any atom is -0.372 e. The minimum atomic E-state index is 0.319. The predicted molar refractivity (Wildman–Crippen MR) is 65.4 cm³/mol. The quantitative estimate of drug-likeness (QED) is 0.665. The van der Waals surface area contributed by atoms with Gasteiger partial charge in [-0.2, -0.15) is 0 Å². The molecule has 0 aromatic carbocycles. The van der Waals surface area contributed by atoms with Gasteiger partial charge in [0.05, 0.1) is 24.4 Å². The summed E-state index contributed by atoms with van der Waals surface area (Å²) < 4.78 is 12.0. The molecule has 2 heteroatoms. The van der Waals surface area contributed by atoms with Crippen LogP contribution in [0.4, 0.5) is 0 Å². The highest BCUT2D eigenvalue weighted by molar-refractivity contribution is 4.88. The third-order valence-electron chi connectivity index (χ3n) is 3.55. The Morgan fingerprint density at radius 3 is 1.62 bits per heavy atom. The van der Waals surface area contributed by atoms with Gasteiger partial charge in [-0.25, -0.2) is 0 Å². The van der Waals surface area contributed by atoms with Gasteiger partial charge < -0.3 is 9.47 Å². The van der Waals surface area contributed by atoms with Crippen LogP contribution < -0.4 is 0 Å². The highest BCUT2D eigenvalue weighted by Crippen LogP contribution is 2.33. The topological polar surface area (TPSA) is 18.5 Å². The summed E-state index contributed by atoms with van der Waals surface area (Å²) in [4.78, 5) is 0. The minimum absolute atomic E-state index is 0.319. The zero-order valence-corrected chi connectivity index (χ0v) is 9.94. The van der Waals surface area contributed by atoms with Gasteiger partial charge in [-0.05, 0) is 38.5 Å². The highest BCUT2D eigenvalue weighted by Gasteiger charge is 2.36. The molecule has 0 N–H and O–H groups in total. The van der Waals surface area contributed by atoms with Gasteiger partial charge in [-0.3, -0.25) is 0 Å². The van der Waals surface area contributed by atoms with E-state index >= 15 is 0 Å². The second kappa shape index (κ2) is 5.65. The Balaban J connectivity index is 1.77. The molecule has 0 saturated carbocycles. The zero-order valence-electron chi connectivity index (χ0n) is 9.94. The van der Waals surface area contributed by atoms with Crippen LogP contribution in [0.2, 0.25) is 0 Å². The molecule has 0 unspecified atom stereocenters. The van der Waals surface area contributed by atoms with Gasteiger partial charge in [0.2, 0.25) is 0 Å². The molecule has 2 saturated heterocycles. The molecule has 0 amide bonds. The Morgan fingerprint density at radius 1 is 0.812 bits per heavy atom. The summed E-state index contributed by atoms with van der Waals surface area (Å²) in [6.45, 7) is 7.52. The first-order valence-corrected chi connectivity index (χ1v) is 6.36. The van der Waals surface area contributed by atoms with Crippen molar-refractivity contribution in [2.45, 2.75) is 62.9 Å². The van der Waals surface area contributed by atoms with Crippen molar-refractivity contribution in [2.75, 3.05) is 0 Å². The summed E-state index contributed by atoms with van der Waals surface area (Å²) >= 11 is 0. The molecule has 4 atom stereocenters. The summed E-state index contributed by atoms with van der Waals surface area (Å²) in [6, 6.07) is 0. The monoisotopic (exact) mass is 222 g/mol. The smallest absolute Gasteiger partial charge is 0.0841 e. The van der Waals surface area contributed by atoms with Crippen LogP contribution in [0.15, 0.2) is 25.3 Å². The molecule has 0 radical (unpaired) electrons. The zero-order chi connectivity index (χ0) is 11.4. The maximum atomic E-state index is 5.99. The van der Waals surface area contributed by atoms with E-state index in [2.05, 4.69) is 13.2 Å². The van der Waals surface area contributed by atoms with E-state index in [1.807, 2.05) is 12.2 Å². The van der Waals surface area contributed by atoms with Crippen LogP contribution in [0.1, 0.15) is 38.5 Å². The molecule has 2 aliphatic rings. The first-order valence-electron chi connectivity index (χ1n) is 6.36. The van der Waals surface area contributed by atoms with Crippen molar-refractivity contribution in [1.29, 1.82) is 0 Å². The second-order valence-corrected chi connectivity index (χ2v) is 4.80. The third kappa shape index (κ3) is 2.74. The maximum Gasteiger partial charge on any atom is 0.0841 e. The Morgan fingerprint density at radius 2 is 1.25 bits per heavy atom. The Bertz CT molecular complexity index is 223. The summed E-state index contributed by atoms with van der Waals surface area (Å²) in [5, 5.41) is 0. The van der Waals surface area contributed by atoms with E-state index in [4.69, 9.17) is 9.47 Å². The number of hydrogen-bond donors (Lipinski definition) is 0. The molecule has 0 aromatic rings. The van der Waals surface area contributed by atoms with E-state index in [9.17, 15) is 0 Å². The second-order valence-electron chi connectivity index (χ2n) is 4.80. The molecule has 0 aromatic heterocycles. The molecule has 2 nitrogen and oxygen atoms in total. The molecule has 2 aliphatic heterocycles. The molecule has 0 aliphatic carbocycles. The fourth-order valence-electron chi connectivity index (χ4n) is 2.73. The average molecular weight is 222 g/mol. The molecular formula is C14H22O2. The SMILES string of the molecule is C=CC[C@@H]1CC[C@@H]([C@H]2CC[C@H](CC=C)O2)O1. The Hall–Kier alpha value is -0.600. The predicted octanol–water partition coefficient (Wildman–Crippen LogP) is 3.23. The van der Waals surface area contributed by atoms with Crippen molar-refractivity contribution >= 4 is 0 Å². The fraction of sp³-hybridized carbons (Fsp3) is 0.714. The van der Waals surface area contributed by atoms with Crippen molar-refractivity contribution in [1.82, 2.24) is 0 Å². The number of ether oxygens (including phenoxy) is 2. The molecule has 2 heterocycles. The first-order chi connectivity index (χ1) is 7.83. The Labute approximate surface area is 98.3 Å².